The molecule has 0 radical (unpaired) electrons. The second kappa shape index (κ2) is 19.4. The summed E-state index contributed by atoms with van der Waals surface area (Å²) in [5.41, 5.74) is 0. The van der Waals surface area contributed by atoms with Crippen LogP contribution in [0.4, 0.5) is 9.59 Å². The third-order valence-corrected chi connectivity index (χ3v) is 14.0. The molecule has 16 nitrogen and oxygen atoms in total. The van der Waals surface area contributed by atoms with Crippen molar-refractivity contribution in [1.82, 2.24) is 40.6 Å². The first kappa shape index (κ1) is 36.3. The highest BCUT2D eigenvalue weighted by Crippen LogP contribution is 2.34. The van der Waals surface area contributed by atoms with Crippen molar-refractivity contribution < 1.29 is 36.1 Å². The van der Waals surface area contributed by atoms with Gasteiger partial charge in [0.1, 0.15) is 10.1 Å². The molecule has 0 aliphatic heterocycles. The number of amides is 2. The van der Waals surface area contributed by atoms with Crippen LogP contribution in [0.2, 0.25) is 12.1 Å². The fraction of sp³-hybridized carbons (Fsp3) is 0.727. The van der Waals surface area contributed by atoms with E-state index in [4.69, 9.17) is 26.6 Å². The third-order valence-electron chi connectivity index (χ3n) is 6.31. The minimum absolute atomic E-state index is 0.367. The zero-order valence-corrected chi connectivity index (χ0v) is 28.6. The van der Waals surface area contributed by atoms with Crippen molar-refractivity contribution in [3.63, 3.8) is 0 Å². The van der Waals surface area contributed by atoms with E-state index in [2.05, 4.69) is 31.3 Å². The fourth-order valence-corrected chi connectivity index (χ4v) is 8.97. The number of hydrogen-bond donors (Lipinski definition) is 2. The van der Waals surface area contributed by atoms with Gasteiger partial charge >= 0.3 is 29.7 Å². The minimum Gasteiger partial charge on any atom is -0.377 e. The lowest BCUT2D eigenvalue weighted by Crippen LogP contribution is -2.42. The van der Waals surface area contributed by atoms with Gasteiger partial charge in [-0.1, -0.05) is 23.3 Å². The highest BCUT2D eigenvalue weighted by atomic mass is 33.1. The Morgan fingerprint density at radius 3 is 1.33 bits per heavy atom. The van der Waals surface area contributed by atoms with Gasteiger partial charge in [0.05, 0.1) is 12.4 Å². The maximum absolute atomic E-state index is 12.4. The number of unbranched alkanes of at least 4 members (excludes halogenated alkanes) is 4. The van der Waals surface area contributed by atoms with Crippen LogP contribution in [0.1, 0.15) is 38.5 Å². The van der Waals surface area contributed by atoms with Gasteiger partial charge in [-0.15, -0.1) is 10.2 Å². The van der Waals surface area contributed by atoms with E-state index in [1.165, 1.54) is 34.0 Å². The van der Waals surface area contributed by atoms with Crippen molar-refractivity contribution in [2.24, 2.45) is 0 Å². The summed E-state index contributed by atoms with van der Waals surface area (Å²) < 4.78 is 34.8. The molecule has 0 aliphatic rings. The molecule has 2 rings (SSSR count). The Morgan fingerprint density at radius 1 is 0.643 bits per heavy atom. The predicted octanol–water partition coefficient (Wildman–Crippen LogP) is 2.88. The fourth-order valence-electron chi connectivity index (χ4n) is 3.81. The van der Waals surface area contributed by atoms with Crippen molar-refractivity contribution in [2.75, 3.05) is 55.7 Å². The molecule has 2 heterocycles. The molecule has 0 aromatic carbocycles. The average molecular weight is 667 g/mol. The van der Waals surface area contributed by atoms with Crippen molar-refractivity contribution in [1.29, 1.82) is 0 Å². The van der Waals surface area contributed by atoms with Crippen LogP contribution < -0.4 is 10.6 Å². The maximum atomic E-state index is 12.4. The highest BCUT2D eigenvalue weighted by Gasteiger charge is 2.37. The molecule has 2 aromatic rings. The lowest BCUT2D eigenvalue weighted by molar-refractivity contribution is 0.122. The van der Waals surface area contributed by atoms with E-state index in [0.717, 1.165) is 47.9 Å². The molecule has 0 aliphatic carbocycles. The lowest BCUT2D eigenvalue weighted by Gasteiger charge is -2.24. The topological polar surface area (TPSA) is 175 Å². The van der Waals surface area contributed by atoms with Gasteiger partial charge in [-0.2, -0.15) is 9.36 Å². The molecule has 20 heteroatoms. The van der Waals surface area contributed by atoms with Crippen molar-refractivity contribution >= 4 is 51.3 Å². The minimum atomic E-state index is -2.56. The molecule has 0 bridgehead atoms. The maximum Gasteiger partial charge on any atom is 0.500 e. The Hall–Kier alpha value is -1.89. The summed E-state index contributed by atoms with van der Waals surface area (Å²) in [7, 11) is 6.96. The van der Waals surface area contributed by atoms with Crippen LogP contribution in [0, 0.1) is 0 Å². The molecule has 0 atom stereocenters. The van der Waals surface area contributed by atoms with E-state index in [1.807, 2.05) is 0 Å². The van der Waals surface area contributed by atoms with Crippen molar-refractivity contribution in [2.45, 2.75) is 60.7 Å². The number of aromatic nitrogens is 6. The quantitative estimate of drug-likeness (QED) is 0.113. The van der Waals surface area contributed by atoms with Crippen LogP contribution in [0.5, 0.6) is 0 Å². The number of carbonyl (C=O) groups excluding carboxylic acids is 2. The Morgan fingerprint density at radius 2 is 1.00 bits per heavy atom. The summed E-state index contributed by atoms with van der Waals surface area (Å²) in [5.74, 6) is 0. The van der Waals surface area contributed by atoms with E-state index in [0.29, 0.717) is 35.2 Å². The summed E-state index contributed by atoms with van der Waals surface area (Å²) in [6, 6.07) is 0.697. The van der Waals surface area contributed by atoms with Gasteiger partial charge in [0.2, 0.25) is 0 Å². The molecule has 42 heavy (non-hydrogen) atoms. The van der Waals surface area contributed by atoms with E-state index in [1.54, 1.807) is 42.7 Å². The third kappa shape index (κ3) is 11.7. The first-order chi connectivity index (χ1) is 20.3. The number of hydrogen-bond acceptors (Lipinski definition) is 14. The summed E-state index contributed by atoms with van der Waals surface area (Å²) in [6.07, 6.45) is 8.15. The second-order valence-electron chi connectivity index (χ2n) is 8.85. The molecule has 2 aromatic heterocycles. The number of nitrogens with zero attached hydrogens (tertiary/aromatic N) is 6. The zero-order chi connectivity index (χ0) is 30.8. The van der Waals surface area contributed by atoms with Gasteiger partial charge in [-0.25, -0.2) is 9.59 Å². The first-order valence-electron chi connectivity index (χ1n) is 13.4. The van der Waals surface area contributed by atoms with Gasteiger partial charge in [0, 0.05) is 67.8 Å². The SMILES string of the molecule is CO[Si](CCCCCNC(=O)n1cc(SSc2cn(C(=O)NCCCCC[Si](OC)(OC)OC)nn2)nn1)(OC)OC. The first-order valence-corrected chi connectivity index (χ1v) is 19.4. The van der Waals surface area contributed by atoms with E-state index >= 15 is 0 Å². The molecule has 238 valence electrons. The molecule has 2 amide bonds. The second-order valence-corrected chi connectivity index (χ2v) is 17.2. The average Bonchev–Trinajstić information content (AvgIpc) is 3.70. The van der Waals surface area contributed by atoms with Gasteiger partial charge in [-0.05, 0) is 47.3 Å². The molecule has 0 unspecified atom stereocenters. The summed E-state index contributed by atoms with van der Waals surface area (Å²) in [4.78, 5) is 24.7. The van der Waals surface area contributed by atoms with Gasteiger partial charge in [-0.3, -0.25) is 0 Å². The molecule has 0 saturated carbocycles. The molecule has 2 N–H and O–H groups in total. The molecule has 0 spiro atoms. The van der Waals surface area contributed by atoms with Crippen molar-refractivity contribution in [3.8, 4) is 0 Å². The molecular formula is C22H42N8O8S2Si2. The van der Waals surface area contributed by atoms with Crippen LogP contribution in [0.3, 0.4) is 0 Å². The number of nitrogens with one attached hydrogen (secondary N) is 2. The summed E-state index contributed by atoms with van der Waals surface area (Å²) >= 11 is 0. The molecule has 0 saturated heterocycles. The van der Waals surface area contributed by atoms with Gasteiger partial charge in [0.25, 0.3) is 0 Å². The Balaban J connectivity index is 1.64. The van der Waals surface area contributed by atoms with Gasteiger partial charge in [0.15, 0.2) is 0 Å². The van der Waals surface area contributed by atoms with E-state index < -0.39 is 17.6 Å². The number of carbonyl (C=O) groups is 2. The largest absolute Gasteiger partial charge is 0.500 e. The van der Waals surface area contributed by atoms with Crippen LogP contribution in [-0.2, 0) is 26.6 Å². The van der Waals surface area contributed by atoms with Crippen LogP contribution >= 0.6 is 21.6 Å². The van der Waals surface area contributed by atoms with Crippen LogP contribution in [0.25, 0.3) is 0 Å². The van der Waals surface area contributed by atoms with Gasteiger partial charge < -0.3 is 37.2 Å². The Kier molecular flexibility index (Phi) is 16.8. The normalized spacial score (nSPS) is 12.0. The monoisotopic (exact) mass is 666 g/mol. The summed E-state index contributed by atoms with van der Waals surface area (Å²) in [6.45, 7) is 1.00. The van der Waals surface area contributed by atoms with Crippen LogP contribution in [0.15, 0.2) is 22.4 Å². The zero-order valence-electron chi connectivity index (χ0n) is 25.0. The standard InChI is InChI=1S/C22H42N8O8S2Si2/c1-33-41(34-2,35-3)15-11-7-9-13-23-21(31)29-17-19(25-27-29)39-40-20-18-30(28-26-20)22(32)24-14-10-8-12-16-42(36-4,37-5)38-6/h17-18H,7-16H2,1-6H3,(H,23,31)(H,24,32). The highest BCUT2D eigenvalue weighted by molar-refractivity contribution is 8.76. The van der Waals surface area contributed by atoms with Crippen LogP contribution in [-0.4, -0.2) is 115 Å². The smallest absolute Gasteiger partial charge is 0.377 e. The van der Waals surface area contributed by atoms with E-state index in [-0.39, 0.29) is 12.1 Å². The molecular weight excluding hydrogens is 625 g/mol. The number of rotatable bonds is 21. The molecule has 0 fully saturated rings. The Labute approximate surface area is 256 Å². The summed E-state index contributed by atoms with van der Waals surface area (Å²) in [5, 5.41) is 22.4. The van der Waals surface area contributed by atoms with E-state index in [9.17, 15) is 9.59 Å². The Bertz CT molecular complexity index is 976. The predicted molar refractivity (Wildman–Crippen MR) is 160 cm³/mol. The lowest BCUT2D eigenvalue weighted by atomic mass is 10.2. The van der Waals surface area contributed by atoms with Crippen molar-refractivity contribution in [3.05, 3.63) is 12.4 Å².